The molecule has 0 unspecified atom stereocenters. The Kier molecular flexibility index (Phi) is 2.91. The lowest BCUT2D eigenvalue weighted by Gasteiger charge is -2.00. The lowest BCUT2D eigenvalue weighted by molar-refractivity contribution is 0.577. The second-order valence-corrected chi connectivity index (χ2v) is 4.46. The molecule has 2 aromatic rings. The number of aryl methyl sites for hydroxylation is 1. The van der Waals surface area contributed by atoms with Crippen molar-refractivity contribution in [1.82, 2.24) is 9.97 Å². The van der Waals surface area contributed by atoms with Crippen molar-refractivity contribution in [2.45, 2.75) is 26.7 Å². The van der Waals surface area contributed by atoms with Gasteiger partial charge >= 0.3 is 0 Å². The quantitative estimate of drug-likeness (QED) is 0.852. The Morgan fingerprint density at radius 2 is 2.25 bits per heavy atom. The van der Waals surface area contributed by atoms with Gasteiger partial charge in [-0.25, -0.2) is 4.98 Å². The van der Waals surface area contributed by atoms with E-state index < -0.39 is 0 Å². The first-order chi connectivity index (χ1) is 7.69. The predicted octanol–water partition coefficient (Wildman–Crippen LogP) is 3.02. The van der Waals surface area contributed by atoms with Gasteiger partial charge in [0, 0.05) is 6.42 Å². The summed E-state index contributed by atoms with van der Waals surface area (Å²) in [6.45, 7) is 4.41. The van der Waals surface area contributed by atoms with Gasteiger partial charge in [-0.15, -0.1) is 0 Å². The third kappa shape index (κ3) is 2.22. The standard InChI is InChI=1S/C13H15N3/c1-9(2)3-6-13-15-11-5-4-10(8-14)7-12(11)16-13/h4-5,7,9H,3,6H2,1-2H3,(H,15,16). The van der Waals surface area contributed by atoms with Crippen LogP contribution in [0.5, 0.6) is 0 Å². The van der Waals surface area contributed by atoms with E-state index in [1.165, 1.54) is 0 Å². The number of aromatic amines is 1. The number of aromatic nitrogens is 2. The van der Waals surface area contributed by atoms with Crippen molar-refractivity contribution < 1.29 is 0 Å². The molecule has 3 heteroatoms. The highest BCUT2D eigenvalue weighted by Gasteiger charge is 2.04. The molecule has 0 fully saturated rings. The lowest BCUT2D eigenvalue weighted by Crippen LogP contribution is -1.93. The van der Waals surface area contributed by atoms with Crippen LogP contribution in [0.3, 0.4) is 0 Å². The Morgan fingerprint density at radius 1 is 1.44 bits per heavy atom. The van der Waals surface area contributed by atoms with Gasteiger partial charge in [0.25, 0.3) is 0 Å². The molecule has 1 N–H and O–H groups in total. The zero-order chi connectivity index (χ0) is 11.5. The Hall–Kier alpha value is -1.82. The molecule has 0 amide bonds. The molecule has 3 nitrogen and oxygen atoms in total. The molecule has 0 aliphatic heterocycles. The van der Waals surface area contributed by atoms with E-state index in [1.54, 1.807) is 6.07 Å². The zero-order valence-electron chi connectivity index (χ0n) is 9.62. The smallest absolute Gasteiger partial charge is 0.107 e. The van der Waals surface area contributed by atoms with Crippen molar-refractivity contribution >= 4 is 11.0 Å². The molecule has 0 saturated carbocycles. The largest absolute Gasteiger partial charge is 0.342 e. The third-order valence-corrected chi connectivity index (χ3v) is 2.62. The maximum atomic E-state index is 8.80. The number of fused-ring (bicyclic) bond motifs is 1. The van der Waals surface area contributed by atoms with Crippen LogP contribution >= 0.6 is 0 Å². The molecule has 1 aromatic carbocycles. The first-order valence-electron chi connectivity index (χ1n) is 5.58. The van der Waals surface area contributed by atoms with Crippen molar-refractivity contribution in [3.8, 4) is 6.07 Å². The number of H-pyrrole nitrogens is 1. The van der Waals surface area contributed by atoms with Gasteiger partial charge in [-0.05, 0) is 30.5 Å². The number of nitriles is 1. The molecule has 0 aliphatic rings. The van der Waals surface area contributed by atoms with Crippen LogP contribution in [0.2, 0.25) is 0 Å². The molecule has 0 aliphatic carbocycles. The topological polar surface area (TPSA) is 52.5 Å². The molecule has 0 saturated heterocycles. The number of hydrogen-bond acceptors (Lipinski definition) is 2. The fraction of sp³-hybridized carbons (Fsp3) is 0.385. The first kappa shape index (κ1) is 10.7. The number of nitrogens with one attached hydrogen (secondary N) is 1. The highest BCUT2D eigenvalue weighted by Crippen LogP contribution is 2.15. The summed E-state index contributed by atoms with van der Waals surface area (Å²) >= 11 is 0. The van der Waals surface area contributed by atoms with E-state index in [-0.39, 0.29) is 0 Å². The van der Waals surface area contributed by atoms with Gasteiger partial charge in [0.15, 0.2) is 0 Å². The summed E-state index contributed by atoms with van der Waals surface area (Å²) in [5.74, 6) is 1.70. The minimum atomic E-state index is 0.673. The lowest BCUT2D eigenvalue weighted by atomic mass is 10.1. The second kappa shape index (κ2) is 4.36. The zero-order valence-corrected chi connectivity index (χ0v) is 9.62. The summed E-state index contributed by atoms with van der Waals surface area (Å²) in [5.41, 5.74) is 2.57. The molecular formula is C13H15N3. The maximum absolute atomic E-state index is 8.80. The van der Waals surface area contributed by atoms with Crippen molar-refractivity contribution in [3.63, 3.8) is 0 Å². The van der Waals surface area contributed by atoms with Crippen LogP contribution in [0.4, 0.5) is 0 Å². The van der Waals surface area contributed by atoms with E-state index >= 15 is 0 Å². The fourth-order valence-corrected chi connectivity index (χ4v) is 1.68. The normalized spacial score (nSPS) is 10.9. The van der Waals surface area contributed by atoms with E-state index in [4.69, 9.17) is 5.26 Å². The third-order valence-electron chi connectivity index (χ3n) is 2.62. The summed E-state index contributed by atoms with van der Waals surface area (Å²) in [4.78, 5) is 7.76. The summed E-state index contributed by atoms with van der Waals surface area (Å²) in [6.07, 6.45) is 2.10. The number of nitrogens with zero attached hydrogens (tertiary/aromatic N) is 2. The van der Waals surface area contributed by atoms with Crippen molar-refractivity contribution in [2.75, 3.05) is 0 Å². The van der Waals surface area contributed by atoms with Gasteiger partial charge in [0.2, 0.25) is 0 Å². The van der Waals surface area contributed by atoms with Crippen LogP contribution in [0.1, 0.15) is 31.7 Å². The van der Waals surface area contributed by atoms with Crippen LogP contribution in [-0.2, 0) is 6.42 Å². The maximum Gasteiger partial charge on any atom is 0.107 e. The Labute approximate surface area is 95.1 Å². The van der Waals surface area contributed by atoms with Crippen LogP contribution in [-0.4, -0.2) is 9.97 Å². The van der Waals surface area contributed by atoms with E-state index in [9.17, 15) is 0 Å². The molecule has 0 spiro atoms. The molecular weight excluding hydrogens is 198 g/mol. The highest BCUT2D eigenvalue weighted by molar-refractivity contribution is 5.76. The molecule has 0 radical (unpaired) electrons. The molecule has 0 bridgehead atoms. The van der Waals surface area contributed by atoms with Crippen LogP contribution in [0, 0.1) is 17.2 Å². The molecule has 0 atom stereocenters. The Morgan fingerprint density at radius 3 is 2.94 bits per heavy atom. The average Bonchev–Trinajstić information content (AvgIpc) is 2.67. The highest BCUT2D eigenvalue weighted by atomic mass is 14.9. The summed E-state index contributed by atoms with van der Waals surface area (Å²) in [6, 6.07) is 7.67. The average molecular weight is 213 g/mol. The summed E-state index contributed by atoms with van der Waals surface area (Å²) in [7, 11) is 0. The SMILES string of the molecule is CC(C)CCc1nc2ccc(C#N)cc2[nH]1. The summed E-state index contributed by atoms with van der Waals surface area (Å²) < 4.78 is 0. The molecule has 82 valence electrons. The van der Waals surface area contributed by atoms with Crippen LogP contribution in [0.25, 0.3) is 11.0 Å². The van der Waals surface area contributed by atoms with Crippen molar-refractivity contribution in [1.29, 1.82) is 5.26 Å². The molecule has 1 aromatic heterocycles. The van der Waals surface area contributed by atoms with E-state index in [1.807, 2.05) is 12.1 Å². The number of imidazole rings is 1. The Balaban J connectivity index is 2.26. The Bertz CT molecular complexity index is 532. The van der Waals surface area contributed by atoms with E-state index in [2.05, 4.69) is 29.9 Å². The van der Waals surface area contributed by atoms with Crippen molar-refractivity contribution in [2.24, 2.45) is 5.92 Å². The monoisotopic (exact) mass is 213 g/mol. The first-order valence-corrected chi connectivity index (χ1v) is 5.58. The number of hydrogen-bond donors (Lipinski definition) is 1. The van der Waals surface area contributed by atoms with E-state index in [0.29, 0.717) is 11.5 Å². The van der Waals surface area contributed by atoms with Gasteiger partial charge in [-0.2, -0.15) is 5.26 Å². The number of benzene rings is 1. The second-order valence-electron chi connectivity index (χ2n) is 4.46. The number of rotatable bonds is 3. The van der Waals surface area contributed by atoms with Gasteiger partial charge in [-0.3, -0.25) is 0 Å². The van der Waals surface area contributed by atoms with Gasteiger partial charge in [0.1, 0.15) is 5.82 Å². The van der Waals surface area contributed by atoms with Crippen LogP contribution < -0.4 is 0 Å². The van der Waals surface area contributed by atoms with Gasteiger partial charge in [0.05, 0.1) is 22.7 Å². The van der Waals surface area contributed by atoms with Crippen molar-refractivity contribution in [3.05, 3.63) is 29.6 Å². The summed E-state index contributed by atoms with van der Waals surface area (Å²) in [5, 5.41) is 8.80. The molecule has 2 rings (SSSR count). The minimum absolute atomic E-state index is 0.673. The fourth-order valence-electron chi connectivity index (χ4n) is 1.68. The molecule has 16 heavy (non-hydrogen) atoms. The molecule has 1 heterocycles. The van der Waals surface area contributed by atoms with Gasteiger partial charge < -0.3 is 4.98 Å². The minimum Gasteiger partial charge on any atom is -0.342 e. The predicted molar refractivity (Wildman–Crippen MR) is 64.0 cm³/mol. The van der Waals surface area contributed by atoms with Gasteiger partial charge in [-0.1, -0.05) is 13.8 Å². The van der Waals surface area contributed by atoms with Crippen LogP contribution in [0.15, 0.2) is 18.2 Å². The van der Waals surface area contributed by atoms with E-state index in [0.717, 1.165) is 29.7 Å².